The van der Waals surface area contributed by atoms with E-state index >= 15 is 0 Å². The molecule has 1 fully saturated rings. The van der Waals surface area contributed by atoms with Gasteiger partial charge in [-0.15, -0.1) is 0 Å². The van der Waals surface area contributed by atoms with Crippen molar-refractivity contribution in [1.82, 2.24) is 10.2 Å². The van der Waals surface area contributed by atoms with Gasteiger partial charge in [0.05, 0.1) is 0 Å². The molecule has 0 spiro atoms. The van der Waals surface area contributed by atoms with Crippen molar-refractivity contribution in [2.45, 2.75) is 116 Å². The molecule has 2 heteroatoms. The molecule has 1 aliphatic rings. The highest BCUT2D eigenvalue weighted by Gasteiger charge is 2.50. The summed E-state index contributed by atoms with van der Waals surface area (Å²) in [6.07, 6.45) is 16.3. The topological polar surface area (TPSA) is 15.3 Å². The lowest BCUT2D eigenvalue weighted by Crippen LogP contribution is -2.72. The Morgan fingerprint density at radius 2 is 1.26 bits per heavy atom. The Morgan fingerprint density at radius 3 is 1.74 bits per heavy atom. The first-order chi connectivity index (χ1) is 11.1. The molecule has 2 nitrogen and oxygen atoms in total. The maximum Gasteiger partial charge on any atom is 0.0363 e. The molecule has 138 valence electrons. The average molecular weight is 325 g/mol. The van der Waals surface area contributed by atoms with E-state index in [4.69, 9.17) is 0 Å². The second-order valence-corrected chi connectivity index (χ2v) is 8.08. The molecular weight excluding hydrogens is 280 g/mol. The van der Waals surface area contributed by atoms with E-state index in [9.17, 15) is 0 Å². The highest BCUT2D eigenvalue weighted by atomic mass is 15.3. The van der Waals surface area contributed by atoms with Crippen molar-refractivity contribution in [1.29, 1.82) is 0 Å². The van der Waals surface area contributed by atoms with Gasteiger partial charge in [0, 0.05) is 24.2 Å². The number of piperazine rings is 1. The number of nitrogens with one attached hydrogen (secondary N) is 1. The Bertz CT molecular complexity index is 292. The average Bonchev–Trinajstić information content (AvgIpc) is 2.53. The van der Waals surface area contributed by atoms with Crippen LogP contribution in [0.4, 0.5) is 0 Å². The van der Waals surface area contributed by atoms with Crippen LogP contribution in [0.5, 0.6) is 0 Å². The molecule has 1 unspecified atom stereocenters. The van der Waals surface area contributed by atoms with E-state index in [0.717, 1.165) is 6.54 Å². The molecule has 1 atom stereocenters. The number of unbranched alkanes of at least 4 members (excludes halogenated alkanes) is 6. The van der Waals surface area contributed by atoms with Gasteiger partial charge < -0.3 is 5.32 Å². The zero-order chi connectivity index (χ0) is 17.2. The molecule has 0 aromatic heterocycles. The van der Waals surface area contributed by atoms with Gasteiger partial charge >= 0.3 is 0 Å². The van der Waals surface area contributed by atoms with E-state index in [0.29, 0.717) is 11.1 Å². The van der Waals surface area contributed by atoms with Crippen molar-refractivity contribution in [3.63, 3.8) is 0 Å². The van der Waals surface area contributed by atoms with Crippen molar-refractivity contribution in [2.24, 2.45) is 0 Å². The van der Waals surface area contributed by atoms with Crippen molar-refractivity contribution < 1.29 is 0 Å². The minimum absolute atomic E-state index is 0.321. The monoisotopic (exact) mass is 324 g/mol. The third-order valence-electron chi connectivity index (χ3n) is 6.47. The van der Waals surface area contributed by atoms with Crippen LogP contribution in [0.25, 0.3) is 0 Å². The minimum atomic E-state index is 0.321. The maximum atomic E-state index is 4.06. The molecule has 1 rings (SSSR count). The SMILES string of the molecule is CCCCCC1(CCCCC)NCCN(C)C1(C)CCCCC. The first-order valence-electron chi connectivity index (χ1n) is 10.5. The molecule has 0 aromatic rings. The van der Waals surface area contributed by atoms with E-state index < -0.39 is 0 Å². The predicted octanol–water partition coefficient (Wildman–Crippen LogP) is 5.76. The van der Waals surface area contributed by atoms with Gasteiger partial charge in [0.1, 0.15) is 0 Å². The Hall–Kier alpha value is -0.0800. The highest BCUT2D eigenvalue weighted by molar-refractivity contribution is 5.11. The first-order valence-corrected chi connectivity index (χ1v) is 10.5. The zero-order valence-electron chi connectivity index (χ0n) is 16.8. The fourth-order valence-electron chi connectivity index (χ4n) is 4.61. The van der Waals surface area contributed by atoms with Crippen LogP contribution in [0.2, 0.25) is 0 Å². The third-order valence-corrected chi connectivity index (χ3v) is 6.47. The summed E-state index contributed by atoms with van der Waals surface area (Å²) in [4.78, 5) is 2.69. The van der Waals surface area contributed by atoms with Crippen LogP contribution in [0, 0.1) is 0 Å². The molecule has 1 saturated heterocycles. The summed E-state index contributed by atoms with van der Waals surface area (Å²) in [5, 5.41) is 4.06. The summed E-state index contributed by atoms with van der Waals surface area (Å²) < 4.78 is 0. The fourth-order valence-corrected chi connectivity index (χ4v) is 4.61. The van der Waals surface area contributed by atoms with Gasteiger partial charge in [-0.1, -0.05) is 78.6 Å². The number of rotatable bonds is 12. The fraction of sp³-hybridized carbons (Fsp3) is 1.00. The molecule has 0 amide bonds. The lowest BCUT2D eigenvalue weighted by molar-refractivity contribution is -0.0276. The van der Waals surface area contributed by atoms with Crippen LogP contribution >= 0.6 is 0 Å². The predicted molar refractivity (Wildman–Crippen MR) is 104 cm³/mol. The van der Waals surface area contributed by atoms with Crippen molar-refractivity contribution in [3.8, 4) is 0 Å². The maximum absolute atomic E-state index is 4.06. The minimum Gasteiger partial charge on any atom is -0.308 e. The molecule has 0 aliphatic carbocycles. The largest absolute Gasteiger partial charge is 0.308 e. The highest BCUT2D eigenvalue weighted by Crippen LogP contribution is 2.42. The molecule has 0 radical (unpaired) electrons. The quantitative estimate of drug-likeness (QED) is 0.459. The Balaban J connectivity index is 2.91. The lowest BCUT2D eigenvalue weighted by atomic mass is 9.66. The molecule has 0 aromatic carbocycles. The summed E-state index contributed by atoms with van der Waals surface area (Å²) in [6.45, 7) is 11.9. The van der Waals surface area contributed by atoms with Crippen LogP contribution < -0.4 is 5.32 Å². The second kappa shape index (κ2) is 10.7. The van der Waals surface area contributed by atoms with Gasteiger partial charge in [-0.3, -0.25) is 4.90 Å². The number of nitrogens with zero attached hydrogens (tertiary/aromatic N) is 1. The van der Waals surface area contributed by atoms with Gasteiger partial charge in [0.2, 0.25) is 0 Å². The molecule has 1 aliphatic heterocycles. The molecule has 23 heavy (non-hydrogen) atoms. The Labute approximate surface area is 146 Å². The third kappa shape index (κ3) is 5.46. The Morgan fingerprint density at radius 1 is 0.783 bits per heavy atom. The second-order valence-electron chi connectivity index (χ2n) is 8.08. The molecule has 0 saturated carbocycles. The summed E-state index contributed by atoms with van der Waals surface area (Å²) in [7, 11) is 2.38. The number of hydrogen-bond acceptors (Lipinski definition) is 2. The van der Waals surface area contributed by atoms with Crippen LogP contribution in [0.1, 0.15) is 105 Å². The van der Waals surface area contributed by atoms with Crippen LogP contribution in [-0.4, -0.2) is 36.1 Å². The standard InChI is InChI=1S/C21H44N2/c1-6-9-12-15-20(4)21(16-13-10-7-2,17-14-11-8-3)22-18-19-23(20)5/h22H,6-19H2,1-5H3. The summed E-state index contributed by atoms with van der Waals surface area (Å²) >= 11 is 0. The summed E-state index contributed by atoms with van der Waals surface area (Å²) in [6, 6.07) is 0. The summed E-state index contributed by atoms with van der Waals surface area (Å²) in [5.74, 6) is 0. The van der Waals surface area contributed by atoms with Gasteiger partial charge in [-0.05, 0) is 33.2 Å². The van der Waals surface area contributed by atoms with Crippen molar-refractivity contribution >= 4 is 0 Å². The van der Waals surface area contributed by atoms with E-state index in [2.05, 4.69) is 45.0 Å². The van der Waals surface area contributed by atoms with Crippen LogP contribution in [0.15, 0.2) is 0 Å². The van der Waals surface area contributed by atoms with Gasteiger partial charge in [-0.25, -0.2) is 0 Å². The summed E-state index contributed by atoms with van der Waals surface area (Å²) in [5.41, 5.74) is 0.653. The lowest BCUT2D eigenvalue weighted by Gasteiger charge is -2.58. The number of likely N-dealkylation sites (N-methyl/N-ethyl adjacent to an activating group) is 1. The van der Waals surface area contributed by atoms with E-state index in [-0.39, 0.29) is 0 Å². The zero-order valence-corrected chi connectivity index (χ0v) is 16.8. The van der Waals surface area contributed by atoms with Gasteiger partial charge in [0.25, 0.3) is 0 Å². The first kappa shape index (κ1) is 21.0. The van der Waals surface area contributed by atoms with Crippen molar-refractivity contribution in [2.75, 3.05) is 20.1 Å². The van der Waals surface area contributed by atoms with E-state index in [1.54, 1.807) is 0 Å². The van der Waals surface area contributed by atoms with Crippen LogP contribution in [-0.2, 0) is 0 Å². The van der Waals surface area contributed by atoms with Crippen molar-refractivity contribution in [3.05, 3.63) is 0 Å². The number of hydrogen-bond donors (Lipinski definition) is 1. The molecule has 1 heterocycles. The van der Waals surface area contributed by atoms with Gasteiger partial charge in [-0.2, -0.15) is 0 Å². The normalized spacial score (nSPS) is 24.9. The Kier molecular flexibility index (Phi) is 9.77. The molecular formula is C21H44N2. The molecule has 1 N–H and O–H groups in total. The van der Waals surface area contributed by atoms with E-state index in [1.165, 1.54) is 83.6 Å². The van der Waals surface area contributed by atoms with Crippen LogP contribution in [0.3, 0.4) is 0 Å². The smallest absolute Gasteiger partial charge is 0.0363 e. The molecule has 0 bridgehead atoms. The van der Waals surface area contributed by atoms with Gasteiger partial charge in [0.15, 0.2) is 0 Å². The van der Waals surface area contributed by atoms with E-state index in [1.807, 2.05) is 0 Å².